The fraction of sp³-hybridized carbons (Fsp3) is 0.704. The van der Waals surface area contributed by atoms with Crippen molar-refractivity contribution in [2.24, 2.45) is 0 Å². The van der Waals surface area contributed by atoms with Crippen LogP contribution in [0.4, 0.5) is 65.9 Å². The zero-order chi connectivity index (χ0) is 34.7. The van der Waals surface area contributed by atoms with E-state index in [0.717, 1.165) is 63.2 Å². The molecule has 0 aromatic carbocycles. The molecule has 0 spiro atoms. The van der Waals surface area contributed by atoms with E-state index < -0.39 is 92.3 Å². The van der Waals surface area contributed by atoms with E-state index in [-0.39, 0.29) is 10.9 Å². The zero-order valence-electron chi connectivity index (χ0n) is 24.0. The molecule has 0 unspecified atom stereocenters. The number of unbranched alkanes of at least 4 members (excludes halogenated alkanes) is 3. The molecule has 18 heteroatoms. The predicted octanol–water partition coefficient (Wildman–Crippen LogP) is 12.2. The van der Waals surface area contributed by atoms with E-state index in [0.29, 0.717) is 2.89 Å². The molecule has 2 heterocycles. The van der Waals surface area contributed by atoms with Crippen molar-refractivity contribution in [3.63, 3.8) is 0 Å². The first-order chi connectivity index (χ1) is 20.4. The van der Waals surface area contributed by atoms with Gasteiger partial charge >= 0.3 is 249 Å². The van der Waals surface area contributed by atoms with Crippen LogP contribution >= 0.6 is 22.7 Å². The number of fused-ring (bicyclic) bond motifs is 3. The van der Waals surface area contributed by atoms with Gasteiger partial charge in [0.2, 0.25) is 0 Å². The number of thiophene rings is 2. The average Bonchev–Trinajstić information content (AvgIpc) is 3.62. The second-order valence-electron chi connectivity index (χ2n) is 11.2. The maximum absolute atomic E-state index is 15.6. The molecular weight excluding hydrogens is 792 g/mol. The van der Waals surface area contributed by atoms with E-state index in [1.165, 1.54) is 6.07 Å². The summed E-state index contributed by atoms with van der Waals surface area (Å²) in [6.45, 7) is 5.87. The van der Waals surface area contributed by atoms with E-state index in [4.69, 9.17) is 0 Å². The van der Waals surface area contributed by atoms with Crippen LogP contribution in [0.15, 0.2) is 12.1 Å². The minimum atomic E-state index is -8.06. The van der Waals surface area contributed by atoms with Gasteiger partial charge in [-0.2, -0.15) is 13.2 Å². The van der Waals surface area contributed by atoms with Crippen LogP contribution < -0.4 is 2.89 Å². The van der Waals surface area contributed by atoms with Gasteiger partial charge in [0, 0.05) is 0 Å². The second kappa shape index (κ2) is 12.6. The van der Waals surface area contributed by atoms with Crippen LogP contribution in [0.25, 0.3) is 9.75 Å². The first-order valence-corrected chi connectivity index (χ1v) is 23.1. The minimum absolute atomic E-state index is 0.286. The number of alkyl halides is 15. The maximum atomic E-state index is 15.6. The van der Waals surface area contributed by atoms with Crippen LogP contribution in [0.1, 0.15) is 75.3 Å². The number of hydrogen-bond acceptors (Lipinski definition) is 2. The van der Waals surface area contributed by atoms with E-state index in [1.54, 1.807) is 0 Å². The van der Waals surface area contributed by atoms with E-state index in [9.17, 15) is 57.1 Å². The molecule has 0 aliphatic heterocycles. The van der Waals surface area contributed by atoms with E-state index in [2.05, 4.69) is 0 Å². The zero-order valence-corrected chi connectivity index (χ0v) is 28.5. The van der Waals surface area contributed by atoms with Gasteiger partial charge in [-0.05, 0) is 0 Å². The van der Waals surface area contributed by atoms with Gasteiger partial charge in [0.25, 0.3) is 0 Å². The Kier molecular flexibility index (Phi) is 10.8. The molecule has 2 aromatic rings. The molecule has 0 bridgehead atoms. The molecule has 2 aromatic heterocycles. The quantitative estimate of drug-likeness (QED) is 0.124. The van der Waals surface area contributed by atoms with Crippen LogP contribution in [-0.4, -0.2) is 48.2 Å². The van der Waals surface area contributed by atoms with Gasteiger partial charge in [0.15, 0.2) is 0 Å². The van der Waals surface area contributed by atoms with Gasteiger partial charge in [0.05, 0.1) is 0 Å². The van der Waals surface area contributed by atoms with Gasteiger partial charge < -0.3 is 0 Å². The first kappa shape index (κ1) is 38.6. The molecule has 0 saturated heterocycles. The fourth-order valence-corrected chi connectivity index (χ4v) is 27.0. The third-order valence-electron chi connectivity index (χ3n) is 8.14. The van der Waals surface area contributed by atoms with Crippen molar-refractivity contribution in [2.45, 2.75) is 114 Å². The molecule has 0 N–H and O–H groups in total. The summed E-state index contributed by atoms with van der Waals surface area (Å²) >= 11 is -3.11. The Balaban J connectivity index is 2.15. The van der Waals surface area contributed by atoms with Crippen LogP contribution in [0, 0.1) is 0 Å². The van der Waals surface area contributed by atoms with Crippen molar-refractivity contribution in [2.75, 3.05) is 0 Å². The molecule has 0 saturated carbocycles. The third kappa shape index (κ3) is 5.91. The van der Waals surface area contributed by atoms with Gasteiger partial charge in [0.1, 0.15) is 0 Å². The van der Waals surface area contributed by atoms with Crippen LogP contribution in [0.3, 0.4) is 0 Å². The average molecular weight is 821 g/mol. The topological polar surface area (TPSA) is 0 Å². The molecule has 0 fully saturated rings. The Labute approximate surface area is 261 Å². The first-order valence-electron chi connectivity index (χ1n) is 14.0. The molecule has 0 radical (unpaired) electrons. The molecule has 0 nitrogen and oxygen atoms in total. The summed E-state index contributed by atoms with van der Waals surface area (Å²) in [5, 5.41) is 0. The summed E-state index contributed by atoms with van der Waals surface area (Å²) in [6.07, 6.45) is -2.65. The van der Waals surface area contributed by atoms with Gasteiger partial charge in [-0.15, -0.1) is 0 Å². The summed E-state index contributed by atoms with van der Waals surface area (Å²) in [7, 11) is 0. The molecule has 258 valence electrons. The third-order valence-corrected chi connectivity index (χ3v) is 28.9. The summed E-state index contributed by atoms with van der Waals surface area (Å²) in [5.41, 5.74) is -1.91. The monoisotopic (exact) mass is 822 g/mol. The van der Waals surface area contributed by atoms with Gasteiger partial charge in [-0.25, -0.2) is 0 Å². The molecule has 0 amide bonds. The Morgan fingerprint density at radius 1 is 0.578 bits per heavy atom. The standard InChI is InChI=1S/C15H2F15S2.3C4H9.Sn/c16-9(17)4-1-2-31-7(4)8-5(9)3-6(32-8)10(18,19)11(20,21)12(22,23)13(24,25)14(26,27)15(28,29)30;3*1-3-4-2;/h1,3H;3*1,3-4H2,2H3;. The SMILES string of the molecule is CCC[CH2][Sn]([CH2]CCC)([CH2]CCC)[c]1cc2c(s1)-c1sc(C(F)(F)C(F)(F)C(F)(F)C(F)(F)C(F)(F)C(F)(F)F)cc1C2(F)F. The van der Waals surface area contributed by atoms with Crippen molar-refractivity contribution in [3.8, 4) is 9.75 Å². The molecular formula is C27H29F15S2Sn. The number of hydrogen-bond donors (Lipinski definition) is 0. The van der Waals surface area contributed by atoms with Crippen LogP contribution in [-0.2, 0) is 11.8 Å². The van der Waals surface area contributed by atoms with Crippen molar-refractivity contribution in [1.82, 2.24) is 0 Å². The Hall–Kier alpha value is -0.851. The molecule has 3 rings (SSSR count). The Morgan fingerprint density at radius 3 is 1.40 bits per heavy atom. The molecule has 0 atom stereocenters. The van der Waals surface area contributed by atoms with Crippen LogP contribution in [0.5, 0.6) is 0 Å². The fourth-order valence-electron chi connectivity index (χ4n) is 5.36. The summed E-state index contributed by atoms with van der Waals surface area (Å²) < 4.78 is 213. The molecule has 45 heavy (non-hydrogen) atoms. The van der Waals surface area contributed by atoms with Crippen molar-refractivity contribution < 1.29 is 65.9 Å². The van der Waals surface area contributed by atoms with Gasteiger partial charge in [-0.3, -0.25) is 0 Å². The van der Waals surface area contributed by atoms with Crippen LogP contribution in [0.2, 0.25) is 13.3 Å². The summed E-state index contributed by atoms with van der Waals surface area (Å²) in [6, 6.07) is 0.988. The van der Waals surface area contributed by atoms with Crippen molar-refractivity contribution in [1.29, 1.82) is 0 Å². The Bertz CT molecular complexity index is 1320. The number of halogens is 15. The summed E-state index contributed by atoms with van der Waals surface area (Å²) in [5.74, 6) is -42.2. The van der Waals surface area contributed by atoms with Gasteiger partial charge in [-0.1, -0.05) is 0 Å². The van der Waals surface area contributed by atoms with E-state index >= 15 is 8.78 Å². The Morgan fingerprint density at radius 2 is 0.978 bits per heavy atom. The predicted molar refractivity (Wildman–Crippen MR) is 145 cm³/mol. The summed E-state index contributed by atoms with van der Waals surface area (Å²) in [4.78, 5) is -3.32. The van der Waals surface area contributed by atoms with E-state index in [1.807, 2.05) is 20.8 Å². The molecule has 1 aliphatic carbocycles. The number of rotatable bonds is 15. The molecule has 1 aliphatic rings. The van der Waals surface area contributed by atoms with Crippen molar-refractivity contribution >= 4 is 43.9 Å². The normalized spacial score (nSPS) is 16.3. The second-order valence-corrected chi connectivity index (χ2v) is 27.5. The van der Waals surface area contributed by atoms with Crippen molar-refractivity contribution in [3.05, 3.63) is 28.1 Å².